The van der Waals surface area contributed by atoms with Crippen molar-refractivity contribution in [2.24, 2.45) is 0 Å². The topological polar surface area (TPSA) is 88.7 Å². The molecule has 0 radical (unpaired) electrons. The van der Waals surface area contributed by atoms with Gasteiger partial charge in [0, 0.05) is 18.8 Å². The molecule has 0 spiro atoms. The molecule has 0 saturated carbocycles. The van der Waals surface area contributed by atoms with Crippen molar-refractivity contribution in [3.05, 3.63) is 29.8 Å². The fraction of sp³-hybridized carbons (Fsp3) is 0.500. The molecule has 7 nitrogen and oxygen atoms in total. The Morgan fingerprint density at radius 3 is 2.42 bits per heavy atom. The summed E-state index contributed by atoms with van der Waals surface area (Å²) in [6.07, 6.45) is -0.658. The van der Waals surface area contributed by atoms with Crippen LogP contribution in [0.2, 0.25) is 0 Å². The molecule has 1 aromatic rings. The minimum absolute atomic E-state index is 0.181. The fourth-order valence-corrected chi connectivity index (χ4v) is 2.06. The van der Waals surface area contributed by atoms with Crippen LogP contribution in [0.15, 0.2) is 24.3 Å². The molecule has 3 N–H and O–H groups in total. The summed E-state index contributed by atoms with van der Waals surface area (Å²) in [6, 6.07) is 6.87. The van der Waals surface area contributed by atoms with Gasteiger partial charge in [0.1, 0.15) is 5.60 Å². The van der Waals surface area contributed by atoms with Crippen molar-refractivity contribution in [1.82, 2.24) is 10.6 Å². The molecule has 1 amide bonds. The van der Waals surface area contributed by atoms with Crippen LogP contribution >= 0.6 is 12.2 Å². The summed E-state index contributed by atoms with van der Waals surface area (Å²) in [7, 11) is 0. The minimum atomic E-state index is -0.532. The summed E-state index contributed by atoms with van der Waals surface area (Å²) < 4.78 is 10.3. The van der Waals surface area contributed by atoms with Gasteiger partial charge >= 0.3 is 12.1 Å². The average molecular weight is 381 g/mol. The van der Waals surface area contributed by atoms with Crippen LogP contribution in [0.25, 0.3) is 0 Å². The SMILES string of the molecule is CC(C)OC(=O)c1cccc(NC(=S)NCCNC(=O)OC(C)(C)C)c1. The Bertz CT molecular complexity index is 642. The first-order valence-corrected chi connectivity index (χ1v) is 8.80. The van der Waals surface area contributed by atoms with E-state index in [2.05, 4.69) is 16.0 Å². The van der Waals surface area contributed by atoms with E-state index < -0.39 is 11.7 Å². The predicted octanol–water partition coefficient (Wildman–Crippen LogP) is 3.06. The number of esters is 1. The molecule has 0 unspecified atom stereocenters. The van der Waals surface area contributed by atoms with E-state index in [0.29, 0.717) is 29.5 Å². The maximum atomic E-state index is 11.9. The lowest BCUT2D eigenvalue weighted by Gasteiger charge is -2.19. The van der Waals surface area contributed by atoms with Crippen molar-refractivity contribution in [2.75, 3.05) is 18.4 Å². The van der Waals surface area contributed by atoms with Crippen LogP contribution in [0.5, 0.6) is 0 Å². The van der Waals surface area contributed by atoms with E-state index in [1.54, 1.807) is 58.9 Å². The van der Waals surface area contributed by atoms with Crippen molar-refractivity contribution in [2.45, 2.75) is 46.3 Å². The van der Waals surface area contributed by atoms with Crippen LogP contribution < -0.4 is 16.0 Å². The van der Waals surface area contributed by atoms with Gasteiger partial charge in [-0.1, -0.05) is 6.07 Å². The van der Waals surface area contributed by atoms with Gasteiger partial charge in [-0.3, -0.25) is 0 Å². The number of thiocarbonyl (C=S) groups is 1. The van der Waals surface area contributed by atoms with Gasteiger partial charge in [0.05, 0.1) is 11.7 Å². The molecule has 144 valence electrons. The van der Waals surface area contributed by atoms with Crippen molar-refractivity contribution in [1.29, 1.82) is 0 Å². The molecule has 1 aromatic carbocycles. The number of carbonyl (C=O) groups is 2. The van der Waals surface area contributed by atoms with Gasteiger partial charge in [-0.2, -0.15) is 0 Å². The highest BCUT2D eigenvalue weighted by Crippen LogP contribution is 2.12. The maximum Gasteiger partial charge on any atom is 0.407 e. The molecular formula is C18H27N3O4S. The van der Waals surface area contributed by atoms with Gasteiger partial charge in [0.25, 0.3) is 0 Å². The first-order valence-electron chi connectivity index (χ1n) is 8.39. The number of hydrogen-bond donors (Lipinski definition) is 3. The second kappa shape index (κ2) is 9.96. The molecule has 0 aliphatic carbocycles. The lowest BCUT2D eigenvalue weighted by atomic mass is 10.2. The quantitative estimate of drug-likeness (QED) is 0.396. The third-order valence-corrected chi connectivity index (χ3v) is 3.02. The number of nitrogens with one attached hydrogen (secondary N) is 3. The molecule has 26 heavy (non-hydrogen) atoms. The van der Waals surface area contributed by atoms with E-state index in [-0.39, 0.29) is 12.1 Å². The smallest absolute Gasteiger partial charge is 0.407 e. The lowest BCUT2D eigenvalue weighted by Crippen LogP contribution is -2.39. The maximum absolute atomic E-state index is 11.9. The van der Waals surface area contributed by atoms with Crippen molar-refractivity contribution in [3.8, 4) is 0 Å². The van der Waals surface area contributed by atoms with Gasteiger partial charge in [0.15, 0.2) is 5.11 Å². The van der Waals surface area contributed by atoms with Crippen LogP contribution in [-0.2, 0) is 9.47 Å². The number of benzene rings is 1. The van der Waals surface area contributed by atoms with Gasteiger partial charge in [-0.05, 0) is 65.0 Å². The number of alkyl carbamates (subject to hydrolysis) is 1. The molecule has 0 heterocycles. The number of hydrogen-bond acceptors (Lipinski definition) is 5. The molecular weight excluding hydrogens is 354 g/mol. The Morgan fingerprint density at radius 1 is 1.15 bits per heavy atom. The Hall–Kier alpha value is -2.35. The largest absolute Gasteiger partial charge is 0.459 e. The molecule has 0 aromatic heterocycles. The van der Waals surface area contributed by atoms with E-state index in [0.717, 1.165) is 0 Å². The summed E-state index contributed by atoms with van der Waals surface area (Å²) in [5, 5.41) is 8.96. The Balaban J connectivity index is 2.39. The molecule has 0 fully saturated rings. The first kappa shape index (κ1) is 21.7. The van der Waals surface area contributed by atoms with E-state index in [1.807, 2.05) is 0 Å². The van der Waals surface area contributed by atoms with Crippen LogP contribution in [0, 0.1) is 0 Å². The summed E-state index contributed by atoms with van der Waals surface area (Å²) in [5.74, 6) is -0.385. The number of carbonyl (C=O) groups excluding carboxylic acids is 2. The minimum Gasteiger partial charge on any atom is -0.459 e. The number of amides is 1. The van der Waals surface area contributed by atoms with Crippen molar-refractivity contribution < 1.29 is 19.1 Å². The predicted molar refractivity (Wildman–Crippen MR) is 105 cm³/mol. The van der Waals surface area contributed by atoms with E-state index in [9.17, 15) is 9.59 Å². The monoisotopic (exact) mass is 381 g/mol. The first-order chi connectivity index (χ1) is 12.1. The van der Waals surface area contributed by atoms with Crippen LogP contribution in [0.1, 0.15) is 45.0 Å². The Kier molecular flexibility index (Phi) is 8.31. The highest BCUT2D eigenvalue weighted by atomic mass is 32.1. The second-order valence-electron chi connectivity index (χ2n) is 6.84. The third kappa shape index (κ3) is 9.22. The Labute approximate surface area is 159 Å². The lowest BCUT2D eigenvalue weighted by molar-refractivity contribution is 0.0377. The zero-order chi connectivity index (χ0) is 19.7. The highest BCUT2D eigenvalue weighted by molar-refractivity contribution is 7.80. The summed E-state index contributed by atoms with van der Waals surface area (Å²) in [4.78, 5) is 23.4. The zero-order valence-electron chi connectivity index (χ0n) is 15.8. The normalized spacial score (nSPS) is 10.8. The van der Waals surface area contributed by atoms with Gasteiger partial charge in [0.2, 0.25) is 0 Å². The van der Waals surface area contributed by atoms with Crippen LogP contribution in [0.3, 0.4) is 0 Å². The van der Waals surface area contributed by atoms with Crippen LogP contribution in [0.4, 0.5) is 10.5 Å². The van der Waals surface area contributed by atoms with Gasteiger partial charge in [-0.25, -0.2) is 9.59 Å². The van der Waals surface area contributed by atoms with Crippen LogP contribution in [-0.4, -0.2) is 42.0 Å². The van der Waals surface area contributed by atoms with Gasteiger partial charge < -0.3 is 25.4 Å². The molecule has 8 heteroatoms. The molecule has 0 aliphatic rings. The van der Waals surface area contributed by atoms with Gasteiger partial charge in [-0.15, -0.1) is 0 Å². The van der Waals surface area contributed by atoms with E-state index in [1.165, 1.54) is 0 Å². The number of ether oxygens (including phenoxy) is 2. The molecule has 1 rings (SSSR count). The average Bonchev–Trinajstić information content (AvgIpc) is 2.49. The summed E-state index contributed by atoms with van der Waals surface area (Å²) in [5.41, 5.74) is 0.578. The number of anilines is 1. The Morgan fingerprint density at radius 2 is 1.81 bits per heavy atom. The summed E-state index contributed by atoms with van der Waals surface area (Å²) in [6.45, 7) is 9.78. The fourth-order valence-electron chi connectivity index (χ4n) is 1.84. The van der Waals surface area contributed by atoms with E-state index in [4.69, 9.17) is 21.7 Å². The second-order valence-corrected chi connectivity index (χ2v) is 7.25. The highest BCUT2D eigenvalue weighted by Gasteiger charge is 2.15. The summed E-state index contributed by atoms with van der Waals surface area (Å²) >= 11 is 5.20. The number of rotatable bonds is 6. The molecule has 0 saturated heterocycles. The van der Waals surface area contributed by atoms with E-state index >= 15 is 0 Å². The molecule has 0 bridgehead atoms. The zero-order valence-corrected chi connectivity index (χ0v) is 16.7. The van der Waals surface area contributed by atoms with Crippen molar-refractivity contribution in [3.63, 3.8) is 0 Å². The third-order valence-electron chi connectivity index (χ3n) is 2.78. The standard InChI is InChI=1S/C18H27N3O4S/c1-12(2)24-15(22)13-7-6-8-14(11-13)21-16(26)19-9-10-20-17(23)25-18(3,4)5/h6-8,11-12H,9-10H2,1-5H3,(H,20,23)(H2,19,21,26). The molecule has 0 atom stereocenters. The molecule has 0 aliphatic heterocycles. The van der Waals surface area contributed by atoms with Crippen molar-refractivity contribution >= 4 is 35.1 Å².